The first kappa shape index (κ1) is 19.8. The van der Waals surface area contributed by atoms with E-state index in [2.05, 4.69) is 20.7 Å². The molecule has 3 aromatic rings. The second-order valence-electron chi connectivity index (χ2n) is 7.54. The van der Waals surface area contributed by atoms with E-state index in [1.165, 1.54) is 4.80 Å². The third-order valence-electron chi connectivity index (χ3n) is 5.28. The fourth-order valence-electron chi connectivity index (χ4n) is 3.54. The molecule has 154 valence electrons. The van der Waals surface area contributed by atoms with Crippen molar-refractivity contribution >= 4 is 17.5 Å². The Bertz CT molecular complexity index is 1070. The summed E-state index contributed by atoms with van der Waals surface area (Å²) >= 11 is 0. The van der Waals surface area contributed by atoms with Gasteiger partial charge in [-0.2, -0.15) is 4.80 Å². The largest absolute Gasteiger partial charge is 0.339 e. The lowest BCUT2D eigenvalue weighted by Crippen LogP contribution is -2.28. The van der Waals surface area contributed by atoms with Gasteiger partial charge >= 0.3 is 0 Å². The summed E-state index contributed by atoms with van der Waals surface area (Å²) in [6.45, 7) is 5.37. The third kappa shape index (κ3) is 4.22. The maximum absolute atomic E-state index is 12.7. The normalized spacial score (nSPS) is 13.5. The average molecular weight is 404 g/mol. The number of aromatic nitrogens is 4. The maximum Gasteiger partial charge on any atom is 0.254 e. The van der Waals surface area contributed by atoms with Crippen LogP contribution in [-0.2, 0) is 11.3 Å². The number of nitrogens with one attached hydrogen (secondary N) is 1. The third-order valence-corrected chi connectivity index (χ3v) is 5.28. The van der Waals surface area contributed by atoms with E-state index in [4.69, 9.17) is 0 Å². The second-order valence-corrected chi connectivity index (χ2v) is 7.54. The monoisotopic (exact) mass is 404 g/mol. The molecule has 1 fully saturated rings. The van der Waals surface area contributed by atoms with Crippen molar-refractivity contribution in [2.24, 2.45) is 0 Å². The molecule has 30 heavy (non-hydrogen) atoms. The Kier molecular flexibility index (Phi) is 5.56. The molecule has 0 spiro atoms. The zero-order valence-electron chi connectivity index (χ0n) is 17.1. The number of hydrogen-bond acceptors (Lipinski definition) is 5. The molecule has 2 aromatic carbocycles. The van der Waals surface area contributed by atoms with Gasteiger partial charge in [0.05, 0.1) is 0 Å². The van der Waals surface area contributed by atoms with Crippen molar-refractivity contribution in [2.75, 3.05) is 18.4 Å². The molecule has 2 amide bonds. The highest BCUT2D eigenvalue weighted by Crippen LogP contribution is 2.22. The first-order valence-electron chi connectivity index (χ1n) is 10.0. The van der Waals surface area contributed by atoms with E-state index in [9.17, 15) is 9.59 Å². The van der Waals surface area contributed by atoms with Gasteiger partial charge in [-0.1, -0.05) is 35.9 Å². The van der Waals surface area contributed by atoms with Crippen LogP contribution in [0.1, 0.15) is 34.3 Å². The van der Waals surface area contributed by atoms with Gasteiger partial charge in [-0.15, -0.1) is 10.2 Å². The number of likely N-dealkylation sites (tertiary alicyclic amines) is 1. The van der Waals surface area contributed by atoms with Crippen molar-refractivity contribution in [3.63, 3.8) is 0 Å². The van der Waals surface area contributed by atoms with Crippen molar-refractivity contribution in [1.82, 2.24) is 25.1 Å². The fraction of sp³-hybridized carbons (Fsp3) is 0.318. The molecular weight excluding hydrogens is 380 g/mol. The molecule has 0 unspecified atom stereocenters. The van der Waals surface area contributed by atoms with Gasteiger partial charge in [0.1, 0.15) is 6.54 Å². The van der Waals surface area contributed by atoms with Crippen LogP contribution in [0.5, 0.6) is 0 Å². The first-order valence-corrected chi connectivity index (χ1v) is 10.0. The molecule has 0 saturated carbocycles. The van der Waals surface area contributed by atoms with Gasteiger partial charge < -0.3 is 10.2 Å². The van der Waals surface area contributed by atoms with E-state index in [0.29, 0.717) is 17.1 Å². The number of anilines is 1. The molecule has 1 aromatic heterocycles. The summed E-state index contributed by atoms with van der Waals surface area (Å²) in [6, 6.07) is 13.2. The van der Waals surface area contributed by atoms with E-state index in [1.807, 2.05) is 43.0 Å². The van der Waals surface area contributed by atoms with E-state index >= 15 is 0 Å². The van der Waals surface area contributed by atoms with Crippen LogP contribution in [0.3, 0.4) is 0 Å². The summed E-state index contributed by atoms with van der Waals surface area (Å²) in [7, 11) is 0. The molecule has 1 N–H and O–H groups in total. The van der Waals surface area contributed by atoms with Crippen LogP contribution >= 0.6 is 0 Å². The average Bonchev–Trinajstić information content (AvgIpc) is 3.42. The molecular formula is C22H24N6O2. The smallest absolute Gasteiger partial charge is 0.254 e. The topological polar surface area (TPSA) is 93.0 Å². The molecule has 0 atom stereocenters. The highest BCUT2D eigenvalue weighted by atomic mass is 16.2. The summed E-state index contributed by atoms with van der Waals surface area (Å²) in [5.74, 6) is 0.204. The van der Waals surface area contributed by atoms with Gasteiger partial charge in [-0.25, -0.2) is 0 Å². The molecule has 0 bridgehead atoms. The summed E-state index contributed by atoms with van der Waals surface area (Å²) in [6.07, 6.45) is 2.08. The minimum atomic E-state index is -0.281. The van der Waals surface area contributed by atoms with Crippen LogP contribution in [-0.4, -0.2) is 50.0 Å². The Hall–Kier alpha value is -3.55. The Labute approximate surface area is 174 Å². The molecule has 4 rings (SSSR count). The highest BCUT2D eigenvalue weighted by Gasteiger charge is 2.22. The number of rotatable bonds is 5. The molecule has 1 saturated heterocycles. The van der Waals surface area contributed by atoms with Crippen LogP contribution in [0.15, 0.2) is 42.5 Å². The number of nitrogens with zero attached hydrogens (tertiary/aromatic N) is 5. The highest BCUT2D eigenvalue weighted by molar-refractivity contribution is 5.99. The van der Waals surface area contributed by atoms with Crippen molar-refractivity contribution in [1.29, 1.82) is 0 Å². The summed E-state index contributed by atoms with van der Waals surface area (Å²) in [5.41, 5.74) is 3.98. The Morgan fingerprint density at radius 2 is 1.77 bits per heavy atom. The lowest BCUT2D eigenvalue weighted by Gasteiger charge is -2.18. The van der Waals surface area contributed by atoms with E-state index in [-0.39, 0.29) is 18.4 Å². The van der Waals surface area contributed by atoms with Crippen molar-refractivity contribution in [2.45, 2.75) is 33.2 Å². The number of amides is 2. The Balaban J connectivity index is 1.44. The fourth-order valence-corrected chi connectivity index (χ4v) is 3.54. The molecule has 1 aliphatic rings. The van der Waals surface area contributed by atoms with Crippen molar-refractivity contribution in [3.05, 3.63) is 59.2 Å². The van der Waals surface area contributed by atoms with Crippen molar-refractivity contribution in [3.8, 4) is 11.4 Å². The number of tetrazole rings is 1. The lowest BCUT2D eigenvalue weighted by molar-refractivity contribution is -0.117. The predicted octanol–water partition coefficient (Wildman–Crippen LogP) is 2.83. The number of carbonyl (C=O) groups is 2. The molecule has 8 nitrogen and oxygen atoms in total. The standard InChI is InChI=1S/C22H24N6O2/c1-15-8-10-17(11-9-15)21-24-26-28(25-21)14-20(29)23-19-7-5-6-18(16(19)2)22(30)27-12-3-4-13-27/h5-11H,3-4,12-14H2,1-2H3,(H,23,29). The number of hydrogen-bond donors (Lipinski definition) is 1. The van der Waals surface area contributed by atoms with Crippen molar-refractivity contribution < 1.29 is 9.59 Å². The van der Waals surface area contributed by atoms with Gasteiger partial charge in [0.2, 0.25) is 11.7 Å². The molecule has 0 aliphatic carbocycles. The summed E-state index contributed by atoms with van der Waals surface area (Å²) in [5, 5.41) is 15.1. The van der Waals surface area contributed by atoms with Crippen LogP contribution in [0.2, 0.25) is 0 Å². The van der Waals surface area contributed by atoms with Gasteiger partial charge in [0.25, 0.3) is 5.91 Å². The molecule has 0 radical (unpaired) electrons. The number of benzene rings is 2. The number of carbonyl (C=O) groups excluding carboxylic acids is 2. The quantitative estimate of drug-likeness (QED) is 0.706. The zero-order valence-corrected chi connectivity index (χ0v) is 17.1. The van der Waals surface area contributed by atoms with Crippen LogP contribution in [0.4, 0.5) is 5.69 Å². The van der Waals surface area contributed by atoms with Crippen LogP contribution in [0, 0.1) is 13.8 Å². The lowest BCUT2D eigenvalue weighted by atomic mass is 10.1. The van der Waals surface area contributed by atoms with Crippen LogP contribution < -0.4 is 5.32 Å². The zero-order chi connectivity index (χ0) is 21.1. The van der Waals surface area contributed by atoms with E-state index < -0.39 is 0 Å². The SMILES string of the molecule is Cc1ccc(-c2nnn(CC(=O)Nc3cccc(C(=O)N4CCCC4)c3C)n2)cc1. The second kappa shape index (κ2) is 8.44. The van der Waals surface area contributed by atoms with Gasteiger partial charge in [0.15, 0.2) is 0 Å². The minimum Gasteiger partial charge on any atom is -0.339 e. The number of aryl methyl sites for hydroxylation is 1. The maximum atomic E-state index is 12.7. The van der Waals surface area contributed by atoms with Gasteiger partial charge in [-0.3, -0.25) is 9.59 Å². The van der Waals surface area contributed by atoms with Crippen LogP contribution in [0.25, 0.3) is 11.4 Å². The van der Waals surface area contributed by atoms with E-state index in [0.717, 1.165) is 42.6 Å². The molecule has 2 heterocycles. The Morgan fingerprint density at radius 3 is 2.50 bits per heavy atom. The molecule has 1 aliphatic heterocycles. The van der Waals surface area contributed by atoms with Gasteiger partial charge in [-0.05, 0) is 49.6 Å². The molecule has 8 heteroatoms. The van der Waals surface area contributed by atoms with E-state index in [1.54, 1.807) is 18.2 Å². The first-order chi connectivity index (χ1) is 14.5. The minimum absolute atomic E-state index is 0.0155. The predicted molar refractivity (Wildman–Crippen MR) is 113 cm³/mol. The Morgan fingerprint density at radius 1 is 1.03 bits per heavy atom. The summed E-state index contributed by atoms with van der Waals surface area (Å²) < 4.78 is 0. The summed E-state index contributed by atoms with van der Waals surface area (Å²) in [4.78, 5) is 28.4. The van der Waals surface area contributed by atoms with Gasteiger partial charge in [0, 0.05) is 29.9 Å².